The van der Waals surface area contributed by atoms with E-state index in [2.05, 4.69) is 5.73 Å². The molecule has 0 heterocycles. The molecule has 0 spiro atoms. The van der Waals surface area contributed by atoms with Gasteiger partial charge in [-0.1, -0.05) is 0 Å². The number of nitrogens with one attached hydrogen (secondary N) is 1. The molecule has 7 nitrogen and oxygen atoms in total. The summed E-state index contributed by atoms with van der Waals surface area (Å²) in [7, 11) is 0. The number of amides is 3. The fourth-order valence-corrected chi connectivity index (χ4v) is 0.707. The second-order valence-corrected chi connectivity index (χ2v) is 2.39. The average Bonchev–Trinajstić information content (AvgIpc) is 1.96. The molecule has 0 fully saturated rings. The van der Waals surface area contributed by atoms with Crippen molar-refractivity contribution in [3.63, 3.8) is 0 Å². The summed E-state index contributed by atoms with van der Waals surface area (Å²) < 4.78 is 0. The second-order valence-electron chi connectivity index (χ2n) is 2.39. The molecule has 0 saturated heterocycles. The monoisotopic (exact) mass is 188 g/mol. The molecule has 7 heteroatoms. The van der Waals surface area contributed by atoms with Crippen LogP contribution >= 0.6 is 0 Å². The van der Waals surface area contributed by atoms with Gasteiger partial charge in [0, 0.05) is 6.42 Å². The van der Waals surface area contributed by atoms with Crippen LogP contribution in [0, 0.1) is 0 Å². The molecule has 0 aliphatic heterocycles. The zero-order chi connectivity index (χ0) is 10.4. The van der Waals surface area contributed by atoms with Gasteiger partial charge < -0.3 is 26.7 Å². The summed E-state index contributed by atoms with van der Waals surface area (Å²) in [5, 5.41) is 12.2. The molecule has 0 radical (unpaired) electrons. The Bertz CT molecular complexity index is 228. The van der Waals surface area contributed by atoms with Crippen molar-refractivity contribution in [1.29, 1.82) is 0 Å². The Morgan fingerprint density at radius 1 is 1.31 bits per heavy atom. The van der Waals surface area contributed by atoms with Crippen LogP contribution < -0.4 is 21.9 Å². The molecule has 0 aromatic heterocycles. The highest BCUT2D eigenvalue weighted by atomic mass is 16.4. The number of nitrogens with two attached hydrogens (primary N) is 2. The van der Waals surface area contributed by atoms with Crippen LogP contribution in [0.2, 0.25) is 0 Å². The van der Waals surface area contributed by atoms with Gasteiger partial charge in [-0.3, -0.25) is 4.79 Å². The first-order valence-corrected chi connectivity index (χ1v) is 3.48. The number of carbonyl (C=O) groups is 3. The van der Waals surface area contributed by atoms with E-state index >= 15 is 0 Å². The molecular formula is C6H10N3O4-. The number of aliphatic carboxylic acids is 1. The topological polar surface area (TPSA) is 138 Å². The lowest BCUT2D eigenvalue weighted by Crippen LogP contribution is -2.49. The molecule has 0 unspecified atom stereocenters. The summed E-state index contributed by atoms with van der Waals surface area (Å²) in [5.74, 6) is -2.16. The van der Waals surface area contributed by atoms with Crippen molar-refractivity contribution in [3.05, 3.63) is 0 Å². The van der Waals surface area contributed by atoms with Crippen LogP contribution in [0.4, 0.5) is 4.79 Å². The Morgan fingerprint density at radius 3 is 2.15 bits per heavy atom. The van der Waals surface area contributed by atoms with Gasteiger partial charge in [0.15, 0.2) is 0 Å². The highest BCUT2D eigenvalue weighted by Gasteiger charge is 2.12. The van der Waals surface area contributed by atoms with Crippen LogP contribution in [0.5, 0.6) is 0 Å². The van der Waals surface area contributed by atoms with Crippen LogP contribution in [0.25, 0.3) is 0 Å². The van der Waals surface area contributed by atoms with Gasteiger partial charge >= 0.3 is 6.03 Å². The van der Waals surface area contributed by atoms with Crippen LogP contribution in [0.3, 0.4) is 0 Å². The lowest BCUT2D eigenvalue weighted by atomic mass is 10.1. The number of urea groups is 1. The van der Waals surface area contributed by atoms with Crippen molar-refractivity contribution in [2.75, 3.05) is 0 Å². The normalized spacial score (nSPS) is 11.7. The van der Waals surface area contributed by atoms with E-state index < -0.39 is 23.9 Å². The maximum atomic E-state index is 10.3. The molecule has 3 amide bonds. The number of carboxylic acid groups (broad SMARTS) is 1. The maximum absolute atomic E-state index is 10.3. The maximum Gasteiger partial charge on any atom is 0.312 e. The average molecular weight is 188 g/mol. The summed E-state index contributed by atoms with van der Waals surface area (Å²) in [6.07, 6.45) is -0.278. The highest BCUT2D eigenvalue weighted by Crippen LogP contribution is 1.95. The largest absolute Gasteiger partial charge is 0.548 e. The molecule has 0 saturated carbocycles. The number of carbonyl (C=O) groups excluding carboxylic acids is 3. The lowest BCUT2D eigenvalue weighted by molar-refractivity contribution is -0.308. The third-order valence-electron chi connectivity index (χ3n) is 1.28. The summed E-state index contributed by atoms with van der Waals surface area (Å²) in [6, 6.07) is -2.26. The molecule has 74 valence electrons. The first kappa shape index (κ1) is 11.2. The third-order valence-corrected chi connectivity index (χ3v) is 1.28. The first-order chi connectivity index (χ1) is 5.93. The molecule has 0 bridgehead atoms. The predicted molar refractivity (Wildman–Crippen MR) is 39.9 cm³/mol. The smallest absolute Gasteiger partial charge is 0.312 e. The molecule has 0 aliphatic rings. The van der Waals surface area contributed by atoms with Gasteiger partial charge in [-0.15, -0.1) is 0 Å². The van der Waals surface area contributed by atoms with Crippen LogP contribution in [-0.4, -0.2) is 23.9 Å². The standard InChI is InChI=1S/C6H11N3O4/c7-4(10)2-1-3(5(11)12)9-6(8)13/h3H,1-2H2,(H2,7,10)(H,11,12)(H3,8,9,13)/p-1/t3-/m1/s1. The first-order valence-electron chi connectivity index (χ1n) is 3.48. The van der Waals surface area contributed by atoms with Gasteiger partial charge in [-0.25, -0.2) is 4.79 Å². The number of hydrogen-bond acceptors (Lipinski definition) is 4. The molecular weight excluding hydrogens is 178 g/mol. The van der Waals surface area contributed by atoms with Gasteiger partial charge in [0.1, 0.15) is 0 Å². The van der Waals surface area contributed by atoms with E-state index in [4.69, 9.17) is 5.73 Å². The van der Waals surface area contributed by atoms with E-state index in [0.717, 1.165) is 0 Å². The van der Waals surface area contributed by atoms with Gasteiger partial charge in [0.25, 0.3) is 0 Å². The molecule has 0 aliphatic carbocycles. The SMILES string of the molecule is NC(=O)CC[C@@H](NC(N)=O)C(=O)[O-]. The van der Waals surface area contributed by atoms with Crippen LogP contribution in [0.1, 0.15) is 12.8 Å². The Kier molecular flexibility index (Phi) is 4.28. The van der Waals surface area contributed by atoms with Gasteiger partial charge in [0.05, 0.1) is 12.0 Å². The second kappa shape index (κ2) is 4.96. The zero-order valence-electron chi connectivity index (χ0n) is 6.78. The van der Waals surface area contributed by atoms with E-state index in [1.165, 1.54) is 0 Å². The number of carboxylic acids is 1. The molecule has 13 heavy (non-hydrogen) atoms. The molecule has 5 N–H and O–H groups in total. The Balaban J connectivity index is 4.02. The van der Waals surface area contributed by atoms with Gasteiger partial charge in [-0.2, -0.15) is 0 Å². The van der Waals surface area contributed by atoms with Crippen molar-refractivity contribution in [3.8, 4) is 0 Å². The number of hydrogen-bond donors (Lipinski definition) is 3. The van der Waals surface area contributed by atoms with Gasteiger partial charge in [0.2, 0.25) is 5.91 Å². The minimum Gasteiger partial charge on any atom is -0.548 e. The summed E-state index contributed by atoms with van der Waals surface area (Å²) in [6.45, 7) is 0. The lowest BCUT2D eigenvalue weighted by Gasteiger charge is -2.17. The minimum absolute atomic E-state index is 0.124. The van der Waals surface area contributed by atoms with Crippen molar-refractivity contribution in [2.24, 2.45) is 11.5 Å². The molecule has 0 rings (SSSR count). The summed E-state index contributed by atoms with van der Waals surface area (Å²) in [4.78, 5) is 30.9. The molecule has 0 aromatic rings. The zero-order valence-corrected chi connectivity index (χ0v) is 6.78. The van der Waals surface area contributed by atoms with E-state index in [1.807, 2.05) is 5.32 Å². The minimum atomic E-state index is -1.50. The summed E-state index contributed by atoms with van der Waals surface area (Å²) >= 11 is 0. The van der Waals surface area contributed by atoms with E-state index in [1.54, 1.807) is 0 Å². The number of rotatable bonds is 5. The Hall–Kier alpha value is -1.79. The number of primary amides is 2. The molecule has 0 aromatic carbocycles. The predicted octanol–water partition coefficient (Wildman–Crippen LogP) is -2.96. The van der Waals surface area contributed by atoms with Crippen molar-refractivity contribution < 1.29 is 19.5 Å². The molecule has 1 atom stereocenters. The van der Waals surface area contributed by atoms with Crippen LogP contribution in [-0.2, 0) is 9.59 Å². The van der Waals surface area contributed by atoms with Crippen molar-refractivity contribution >= 4 is 17.9 Å². The Morgan fingerprint density at radius 2 is 1.85 bits per heavy atom. The van der Waals surface area contributed by atoms with E-state index in [0.29, 0.717) is 0 Å². The third kappa shape index (κ3) is 5.48. The quantitative estimate of drug-likeness (QED) is 0.424. The fourth-order valence-electron chi connectivity index (χ4n) is 0.707. The van der Waals surface area contributed by atoms with E-state index in [9.17, 15) is 19.5 Å². The van der Waals surface area contributed by atoms with Crippen molar-refractivity contribution in [2.45, 2.75) is 18.9 Å². The van der Waals surface area contributed by atoms with Gasteiger partial charge in [-0.05, 0) is 6.42 Å². The van der Waals surface area contributed by atoms with Crippen LogP contribution in [0.15, 0.2) is 0 Å². The summed E-state index contributed by atoms with van der Waals surface area (Å²) in [5.41, 5.74) is 9.46. The highest BCUT2D eigenvalue weighted by molar-refractivity contribution is 5.81. The van der Waals surface area contributed by atoms with Crippen molar-refractivity contribution in [1.82, 2.24) is 5.32 Å². The fraction of sp³-hybridized carbons (Fsp3) is 0.500. The Labute approximate surface area is 74.1 Å². The van der Waals surface area contributed by atoms with E-state index in [-0.39, 0.29) is 12.8 Å².